The molecule has 0 unspecified atom stereocenters. The number of alkyl halides is 2. The van der Waals surface area contributed by atoms with Gasteiger partial charge in [-0.15, -0.1) is 23.2 Å². The van der Waals surface area contributed by atoms with Crippen molar-refractivity contribution in [2.75, 3.05) is 29.9 Å². The fourth-order valence-electron chi connectivity index (χ4n) is 1.29. The molecule has 0 amide bonds. The SMILES string of the molecule is Cc1cn(N(CCCl)CCCl)c(=O)[nH]c1=O. The number of H-pyrrole nitrogens is 1. The van der Waals surface area contributed by atoms with E-state index in [1.807, 2.05) is 0 Å². The van der Waals surface area contributed by atoms with Gasteiger partial charge in [-0.25, -0.2) is 9.47 Å². The second-order valence-electron chi connectivity index (χ2n) is 3.25. The van der Waals surface area contributed by atoms with E-state index in [2.05, 4.69) is 4.98 Å². The number of halogens is 2. The Morgan fingerprint density at radius 3 is 2.38 bits per heavy atom. The van der Waals surface area contributed by atoms with Gasteiger partial charge in [-0.1, -0.05) is 0 Å². The Kier molecular flexibility index (Phi) is 4.89. The Labute approximate surface area is 103 Å². The first-order valence-electron chi connectivity index (χ1n) is 4.80. The molecule has 0 saturated carbocycles. The van der Waals surface area contributed by atoms with Gasteiger partial charge in [0.15, 0.2) is 0 Å². The average molecular weight is 266 g/mol. The molecule has 7 heteroatoms. The quantitative estimate of drug-likeness (QED) is 0.778. The smallest absolute Gasteiger partial charge is 0.307 e. The minimum atomic E-state index is -0.481. The highest BCUT2D eigenvalue weighted by Gasteiger charge is 2.08. The Hall–Kier alpha value is -0.940. The van der Waals surface area contributed by atoms with Gasteiger partial charge in [0.25, 0.3) is 5.56 Å². The summed E-state index contributed by atoms with van der Waals surface area (Å²) in [6.07, 6.45) is 1.49. The summed E-state index contributed by atoms with van der Waals surface area (Å²) < 4.78 is 1.33. The monoisotopic (exact) mass is 265 g/mol. The molecule has 0 atom stereocenters. The molecule has 0 aliphatic rings. The maximum Gasteiger partial charge on any atom is 0.347 e. The van der Waals surface area contributed by atoms with Gasteiger partial charge in [0.2, 0.25) is 0 Å². The third kappa shape index (κ3) is 3.02. The number of hydrogen-bond donors (Lipinski definition) is 1. The van der Waals surface area contributed by atoms with Gasteiger partial charge < -0.3 is 5.01 Å². The lowest BCUT2D eigenvalue weighted by molar-refractivity contribution is 0.583. The Bertz CT molecular complexity index is 449. The first-order chi connectivity index (χ1) is 7.60. The summed E-state index contributed by atoms with van der Waals surface area (Å²) in [6.45, 7) is 2.60. The zero-order valence-corrected chi connectivity index (χ0v) is 10.4. The van der Waals surface area contributed by atoms with Crippen LogP contribution in [0.4, 0.5) is 0 Å². The van der Waals surface area contributed by atoms with E-state index in [4.69, 9.17) is 23.2 Å². The molecule has 1 rings (SSSR count). The molecule has 0 bridgehead atoms. The first kappa shape index (κ1) is 13.1. The average Bonchev–Trinajstić information content (AvgIpc) is 2.23. The Morgan fingerprint density at radius 2 is 1.88 bits per heavy atom. The molecule has 0 saturated heterocycles. The summed E-state index contributed by atoms with van der Waals surface area (Å²) in [5.41, 5.74) is -0.391. The molecule has 0 fully saturated rings. The third-order valence-electron chi connectivity index (χ3n) is 2.09. The van der Waals surface area contributed by atoms with E-state index >= 15 is 0 Å². The van der Waals surface area contributed by atoms with Crippen molar-refractivity contribution in [2.24, 2.45) is 0 Å². The molecule has 1 aromatic heterocycles. The Balaban J connectivity index is 3.13. The van der Waals surface area contributed by atoms with E-state index in [0.717, 1.165) is 0 Å². The molecule has 0 spiro atoms. The molecule has 0 aliphatic heterocycles. The highest BCUT2D eigenvalue weighted by molar-refractivity contribution is 6.18. The fourth-order valence-corrected chi connectivity index (χ4v) is 1.68. The highest BCUT2D eigenvalue weighted by Crippen LogP contribution is 1.92. The number of rotatable bonds is 5. The van der Waals surface area contributed by atoms with E-state index in [0.29, 0.717) is 30.4 Å². The lowest BCUT2D eigenvalue weighted by Crippen LogP contribution is -2.47. The maximum atomic E-state index is 11.6. The lowest BCUT2D eigenvalue weighted by Gasteiger charge is -2.24. The van der Waals surface area contributed by atoms with Crippen LogP contribution in [-0.4, -0.2) is 34.5 Å². The summed E-state index contributed by atoms with van der Waals surface area (Å²) in [5.74, 6) is 0.753. The van der Waals surface area contributed by atoms with E-state index in [1.165, 1.54) is 10.9 Å². The van der Waals surface area contributed by atoms with E-state index in [1.54, 1.807) is 11.9 Å². The van der Waals surface area contributed by atoms with Gasteiger partial charge in [0, 0.05) is 36.6 Å². The van der Waals surface area contributed by atoms with Crippen molar-refractivity contribution in [3.05, 3.63) is 32.6 Å². The number of aromatic amines is 1. The predicted molar refractivity (Wildman–Crippen MR) is 65.5 cm³/mol. The van der Waals surface area contributed by atoms with Gasteiger partial charge in [0.1, 0.15) is 0 Å². The first-order valence-corrected chi connectivity index (χ1v) is 5.86. The highest BCUT2D eigenvalue weighted by atomic mass is 35.5. The summed E-state index contributed by atoms with van der Waals surface area (Å²) in [7, 11) is 0. The van der Waals surface area contributed by atoms with Gasteiger partial charge in [-0.2, -0.15) is 0 Å². The molecular formula is C9H13Cl2N3O2. The van der Waals surface area contributed by atoms with Crippen LogP contribution in [0.5, 0.6) is 0 Å². The van der Waals surface area contributed by atoms with E-state index in [9.17, 15) is 9.59 Å². The standard InChI is InChI=1S/C9H13Cl2N3O2/c1-7-6-14(9(16)12-8(7)15)13(4-2-10)5-3-11/h6H,2-5H2,1H3,(H,12,15,16). The van der Waals surface area contributed by atoms with E-state index < -0.39 is 5.69 Å². The number of aromatic nitrogens is 2. The lowest BCUT2D eigenvalue weighted by atomic mass is 10.4. The molecule has 1 heterocycles. The Morgan fingerprint density at radius 1 is 1.31 bits per heavy atom. The predicted octanol–water partition coefficient (Wildman–Crippen LogP) is 0.261. The van der Waals surface area contributed by atoms with Crippen LogP contribution in [-0.2, 0) is 0 Å². The molecule has 0 aromatic carbocycles. The minimum Gasteiger partial charge on any atom is -0.307 e. The van der Waals surface area contributed by atoms with Gasteiger partial charge in [-0.3, -0.25) is 9.78 Å². The molecule has 0 aliphatic carbocycles. The molecule has 1 aromatic rings. The summed E-state index contributed by atoms with van der Waals surface area (Å²) in [5, 5.41) is 1.69. The maximum absolute atomic E-state index is 11.6. The van der Waals surface area contributed by atoms with Crippen molar-refractivity contribution in [3.63, 3.8) is 0 Å². The van der Waals surface area contributed by atoms with Gasteiger partial charge >= 0.3 is 5.69 Å². The van der Waals surface area contributed by atoms with Crippen LogP contribution >= 0.6 is 23.2 Å². The molecule has 5 nitrogen and oxygen atoms in total. The third-order valence-corrected chi connectivity index (χ3v) is 2.43. The molecule has 1 N–H and O–H groups in total. The van der Waals surface area contributed by atoms with Crippen molar-refractivity contribution in [1.82, 2.24) is 9.66 Å². The summed E-state index contributed by atoms with van der Waals surface area (Å²) >= 11 is 11.3. The van der Waals surface area contributed by atoms with Crippen LogP contribution in [0.2, 0.25) is 0 Å². The van der Waals surface area contributed by atoms with Crippen molar-refractivity contribution in [3.8, 4) is 0 Å². The van der Waals surface area contributed by atoms with Crippen LogP contribution in [0.3, 0.4) is 0 Å². The molecule has 0 radical (unpaired) electrons. The van der Waals surface area contributed by atoms with Crippen LogP contribution in [0.1, 0.15) is 5.56 Å². The summed E-state index contributed by atoms with van der Waals surface area (Å²) in [4.78, 5) is 25.0. The van der Waals surface area contributed by atoms with Crippen LogP contribution in [0.25, 0.3) is 0 Å². The van der Waals surface area contributed by atoms with Crippen molar-refractivity contribution in [2.45, 2.75) is 6.92 Å². The number of hydrogen-bond acceptors (Lipinski definition) is 3. The fraction of sp³-hybridized carbons (Fsp3) is 0.556. The van der Waals surface area contributed by atoms with Crippen molar-refractivity contribution in [1.29, 1.82) is 0 Å². The summed E-state index contributed by atoms with van der Waals surface area (Å²) in [6, 6.07) is 0. The van der Waals surface area contributed by atoms with Crippen molar-refractivity contribution < 1.29 is 0 Å². The molecule has 16 heavy (non-hydrogen) atoms. The van der Waals surface area contributed by atoms with Crippen LogP contribution in [0.15, 0.2) is 15.8 Å². The molecular weight excluding hydrogens is 253 g/mol. The van der Waals surface area contributed by atoms with E-state index in [-0.39, 0.29) is 5.56 Å². The van der Waals surface area contributed by atoms with Crippen LogP contribution < -0.4 is 16.3 Å². The van der Waals surface area contributed by atoms with Gasteiger partial charge in [-0.05, 0) is 6.92 Å². The second-order valence-corrected chi connectivity index (χ2v) is 4.00. The number of aryl methyl sites for hydroxylation is 1. The molecule has 90 valence electrons. The zero-order valence-electron chi connectivity index (χ0n) is 8.87. The van der Waals surface area contributed by atoms with Gasteiger partial charge in [0.05, 0.1) is 0 Å². The normalized spacial score (nSPS) is 10.4. The zero-order chi connectivity index (χ0) is 12.1. The van der Waals surface area contributed by atoms with Crippen molar-refractivity contribution >= 4 is 23.2 Å². The largest absolute Gasteiger partial charge is 0.347 e. The topological polar surface area (TPSA) is 58.1 Å². The van der Waals surface area contributed by atoms with Crippen LogP contribution in [0, 0.1) is 6.92 Å². The number of nitrogens with one attached hydrogen (secondary N) is 1. The second kappa shape index (κ2) is 5.96. The minimum absolute atomic E-state index is 0.376. The number of nitrogens with zero attached hydrogens (tertiary/aromatic N) is 2.